The van der Waals surface area contributed by atoms with Crippen LogP contribution in [-0.2, 0) is 0 Å². The van der Waals surface area contributed by atoms with Crippen molar-refractivity contribution in [3.8, 4) is 0 Å². The molecule has 1 aliphatic rings. The molecule has 0 bridgehead atoms. The summed E-state index contributed by atoms with van der Waals surface area (Å²) >= 11 is 6.49. The standard InChI is InChI=1S/C13H14Br2N2O3/c1-13(2-3-13)6-16-12(20)17-10-8(11(18)19)4-7(14)5-9(10)15/h4-5H,2-3,6H2,1H3,(H,18,19)(H2,16,17,20). The second-order valence-electron chi connectivity index (χ2n) is 5.23. The summed E-state index contributed by atoms with van der Waals surface area (Å²) in [6.07, 6.45) is 2.21. The topological polar surface area (TPSA) is 78.4 Å². The molecule has 0 aliphatic heterocycles. The Morgan fingerprint density at radius 2 is 2.00 bits per heavy atom. The Balaban J connectivity index is 2.11. The number of carboxylic acids is 1. The summed E-state index contributed by atoms with van der Waals surface area (Å²) in [5.74, 6) is -1.10. The van der Waals surface area contributed by atoms with Crippen molar-refractivity contribution in [2.45, 2.75) is 19.8 Å². The van der Waals surface area contributed by atoms with E-state index in [1.165, 1.54) is 6.07 Å². The molecule has 1 fully saturated rings. The fraction of sp³-hybridized carbons (Fsp3) is 0.385. The van der Waals surface area contributed by atoms with Gasteiger partial charge in [0.05, 0.1) is 11.3 Å². The van der Waals surface area contributed by atoms with Crippen LogP contribution in [0.4, 0.5) is 10.5 Å². The molecule has 1 aromatic carbocycles. The van der Waals surface area contributed by atoms with Crippen molar-refractivity contribution in [2.75, 3.05) is 11.9 Å². The van der Waals surface area contributed by atoms with Gasteiger partial charge in [0, 0.05) is 15.5 Å². The molecule has 0 atom stereocenters. The summed E-state index contributed by atoms with van der Waals surface area (Å²) in [4.78, 5) is 23.1. The highest BCUT2D eigenvalue weighted by atomic mass is 79.9. The third-order valence-electron chi connectivity index (χ3n) is 3.30. The second-order valence-corrected chi connectivity index (χ2v) is 7.00. The van der Waals surface area contributed by atoms with Crippen molar-refractivity contribution in [3.63, 3.8) is 0 Å². The normalized spacial score (nSPS) is 15.6. The maximum Gasteiger partial charge on any atom is 0.337 e. The number of carboxylic acid groups (broad SMARTS) is 1. The number of carbonyl (C=O) groups excluding carboxylic acids is 1. The number of hydrogen-bond acceptors (Lipinski definition) is 2. The molecule has 5 nitrogen and oxygen atoms in total. The SMILES string of the molecule is CC1(CNC(=O)Nc2c(Br)cc(Br)cc2C(=O)O)CC1. The summed E-state index contributed by atoms with van der Waals surface area (Å²) in [6, 6.07) is 2.73. The number of hydrogen-bond donors (Lipinski definition) is 3. The van der Waals surface area contributed by atoms with Gasteiger partial charge in [0.15, 0.2) is 0 Å². The lowest BCUT2D eigenvalue weighted by Crippen LogP contribution is -2.33. The predicted molar refractivity (Wildman–Crippen MR) is 83.2 cm³/mol. The highest BCUT2D eigenvalue weighted by Crippen LogP contribution is 2.44. The molecule has 0 aromatic heterocycles. The van der Waals surface area contributed by atoms with Gasteiger partial charge in [-0.15, -0.1) is 0 Å². The average Bonchev–Trinajstić information content (AvgIpc) is 3.08. The van der Waals surface area contributed by atoms with Gasteiger partial charge in [-0.3, -0.25) is 0 Å². The Morgan fingerprint density at radius 3 is 2.55 bits per heavy atom. The van der Waals surface area contributed by atoms with Gasteiger partial charge in [-0.1, -0.05) is 22.9 Å². The Hall–Kier alpha value is -1.08. The summed E-state index contributed by atoms with van der Waals surface area (Å²) in [5, 5.41) is 14.5. The molecule has 3 N–H and O–H groups in total. The van der Waals surface area contributed by atoms with E-state index in [9.17, 15) is 14.7 Å². The lowest BCUT2D eigenvalue weighted by atomic mass is 10.1. The Kier molecular flexibility index (Phi) is 4.39. The van der Waals surface area contributed by atoms with Crippen LogP contribution in [0.25, 0.3) is 0 Å². The molecule has 2 rings (SSSR count). The summed E-state index contributed by atoms with van der Waals surface area (Å²) in [7, 11) is 0. The van der Waals surface area contributed by atoms with Crippen molar-refractivity contribution in [1.82, 2.24) is 5.32 Å². The van der Waals surface area contributed by atoms with Crippen LogP contribution in [0.5, 0.6) is 0 Å². The van der Waals surface area contributed by atoms with Crippen LogP contribution in [0.1, 0.15) is 30.1 Å². The maximum absolute atomic E-state index is 11.9. The number of carbonyl (C=O) groups is 2. The average molecular weight is 406 g/mol. The van der Waals surface area contributed by atoms with Crippen molar-refractivity contribution in [3.05, 3.63) is 26.6 Å². The minimum Gasteiger partial charge on any atom is -0.478 e. The van der Waals surface area contributed by atoms with Crippen LogP contribution >= 0.6 is 31.9 Å². The molecule has 0 spiro atoms. The van der Waals surface area contributed by atoms with Gasteiger partial charge in [-0.2, -0.15) is 0 Å². The van der Waals surface area contributed by atoms with Gasteiger partial charge in [0.1, 0.15) is 0 Å². The monoisotopic (exact) mass is 404 g/mol. The first kappa shape index (κ1) is 15.3. The van der Waals surface area contributed by atoms with E-state index < -0.39 is 12.0 Å². The lowest BCUT2D eigenvalue weighted by Gasteiger charge is -2.14. The molecule has 0 radical (unpaired) electrons. The minimum absolute atomic E-state index is 0.0269. The zero-order chi connectivity index (χ0) is 14.9. The van der Waals surface area contributed by atoms with Gasteiger partial charge < -0.3 is 15.7 Å². The van der Waals surface area contributed by atoms with E-state index in [0.29, 0.717) is 15.5 Å². The molecule has 0 saturated heterocycles. The zero-order valence-electron chi connectivity index (χ0n) is 10.8. The largest absolute Gasteiger partial charge is 0.478 e. The van der Waals surface area contributed by atoms with Gasteiger partial charge in [-0.25, -0.2) is 9.59 Å². The zero-order valence-corrected chi connectivity index (χ0v) is 14.0. The smallest absolute Gasteiger partial charge is 0.337 e. The first-order valence-corrected chi connectivity index (χ1v) is 7.66. The van der Waals surface area contributed by atoms with Gasteiger partial charge in [-0.05, 0) is 46.3 Å². The van der Waals surface area contributed by atoms with Crippen LogP contribution in [0.2, 0.25) is 0 Å². The van der Waals surface area contributed by atoms with Gasteiger partial charge in [0.2, 0.25) is 0 Å². The van der Waals surface area contributed by atoms with E-state index in [0.717, 1.165) is 12.8 Å². The van der Waals surface area contributed by atoms with E-state index in [1.807, 2.05) is 0 Å². The quantitative estimate of drug-likeness (QED) is 0.712. The Labute approximate surface area is 133 Å². The molecule has 1 aliphatic carbocycles. The van der Waals surface area contributed by atoms with Gasteiger partial charge >= 0.3 is 12.0 Å². The Morgan fingerprint density at radius 1 is 1.35 bits per heavy atom. The van der Waals surface area contributed by atoms with Crippen LogP contribution in [-0.4, -0.2) is 23.7 Å². The third kappa shape index (κ3) is 3.73. The molecule has 0 unspecified atom stereocenters. The number of urea groups is 1. The van der Waals surface area contributed by atoms with Crippen LogP contribution in [0, 0.1) is 5.41 Å². The minimum atomic E-state index is -1.10. The molecule has 108 valence electrons. The van der Waals surface area contributed by atoms with Crippen LogP contribution in [0.15, 0.2) is 21.1 Å². The summed E-state index contributed by atoms with van der Waals surface area (Å²) < 4.78 is 1.13. The third-order valence-corrected chi connectivity index (χ3v) is 4.39. The van der Waals surface area contributed by atoms with Crippen molar-refractivity contribution < 1.29 is 14.7 Å². The number of aromatic carboxylic acids is 1. The van der Waals surface area contributed by atoms with Crippen molar-refractivity contribution in [2.24, 2.45) is 5.41 Å². The first-order valence-electron chi connectivity index (χ1n) is 6.08. The van der Waals surface area contributed by atoms with E-state index >= 15 is 0 Å². The highest BCUT2D eigenvalue weighted by Gasteiger charge is 2.37. The molecule has 2 amide bonds. The number of halogens is 2. The molecule has 7 heteroatoms. The molecular formula is C13H14Br2N2O3. The number of rotatable bonds is 4. The molecule has 1 aromatic rings. The van der Waals surface area contributed by atoms with Crippen LogP contribution < -0.4 is 10.6 Å². The number of amides is 2. The van der Waals surface area contributed by atoms with E-state index in [1.54, 1.807) is 6.07 Å². The molecule has 20 heavy (non-hydrogen) atoms. The summed E-state index contributed by atoms with van der Waals surface area (Å²) in [6.45, 7) is 2.70. The van der Waals surface area contributed by atoms with Crippen LogP contribution in [0.3, 0.4) is 0 Å². The maximum atomic E-state index is 11.9. The predicted octanol–water partition coefficient (Wildman–Crippen LogP) is 3.83. The highest BCUT2D eigenvalue weighted by molar-refractivity contribution is 9.11. The number of nitrogens with one attached hydrogen (secondary N) is 2. The van der Waals surface area contributed by atoms with Crippen molar-refractivity contribution in [1.29, 1.82) is 0 Å². The van der Waals surface area contributed by atoms with Crippen molar-refractivity contribution >= 4 is 49.5 Å². The van der Waals surface area contributed by atoms with E-state index in [-0.39, 0.29) is 16.7 Å². The summed E-state index contributed by atoms with van der Waals surface area (Å²) in [5.41, 5.74) is 0.474. The number of benzene rings is 1. The van der Waals surface area contributed by atoms with E-state index in [2.05, 4.69) is 49.4 Å². The molecule has 0 heterocycles. The van der Waals surface area contributed by atoms with E-state index in [4.69, 9.17) is 0 Å². The first-order chi connectivity index (χ1) is 9.31. The molecular weight excluding hydrogens is 392 g/mol. The lowest BCUT2D eigenvalue weighted by molar-refractivity contribution is 0.0698. The van der Waals surface area contributed by atoms with Gasteiger partial charge in [0.25, 0.3) is 0 Å². The molecule has 1 saturated carbocycles. The number of anilines is 1. The fourth-order valence-electron chi connectivity index (χ4n) is 1.71. The fourth-order valence-corrected chi connectivity index (χ4v) is 3.04. The Bertz CT molecular complexity index is 571. The second kappa shape index (κ2) is 5.73.